The maximum absolute atomic E-state index is 12.0. The van der Waals surface area contributed by atoms with Gasteiger partial charge in [0.25, 0.3) is 0 Å². The number of carboxylic acids is 1. The molecule has 0 amide bonds. The number of methoxy groups -OCH3 is 1. The molecule has 21 heavy (non-hydrogen) atoms. The summed E-state index contributed by atoms with van der Waals surface area (Å²) in [4.78, 5) is 10.9. The van der Waals surface area contributed by atoms with Gasteiger partial charge < -0.3 is 14.6 Å². The van der Waals surface area contributed by atoms with Gasteiger partial charge in [0, 0.05) is 0 Å². The summed E-state index contributed by atoms with van der Waals surface area (Å²) >= 11 is 0. The number of hydrogen-bond acceptors (Lipinski definition) is 5. The first-order valence-corrected chi connectivity index (χ1v) is 8.00. The predicted octanol–water partition coefficient (Wildman–Crippen LogP) is 1.99. The molecule has 0 fully saturated rings. The third-order valence-corrected chi connectivity index (χ3v) is 5.52. The van der Waals surface area contributed by atoms with Gasteiger partial charge in [0.05, 0.1) is 23.2 Å². The zero-order valence-electron chi connectivity index (χ0n) is 12.5. The molecular formula is C14H20O6S. The predicted molar refractivity (Wildman–Crippen MR) is 79.0 cm³/mol. The highest BCUT2D eigenvalue weighted by Gasteiger charge is 2.28. The molecule has 0 heterocycles. The van der Waals surface area contributed by atoms with Gasteiger partial charge in [-0.1, -0.05) is 0 Å². The van der Waals surface area contributed by atoms with E-state index in [1.165, 1.54) is 25.3 Å². The highest BCUT2D eigenvalue weighted by Crippen LogP contribution is 2.28. The molecule has 1 N–H and O–H groups in total. The van der Waals surface area contributed by atoms with E-state index in [1.54, 1.807) is 20.8 Å². The molecule has 0 radical (unpaired) electrons. The van der Waals surface area contributed by atoms with Crippen LogP contribution in [-0.2, 0) is 9.84 Å². The largest absolute Gasteiger partial charge is 0.493 e. The molecule has 0 bridgehead atoms. The third kappa shape index (κ3) is 4.35. The van der Waals surface area contributed by atoms with Crippen molar-refractivity contribution in [2.75, 3.05) is 19.5 Å². The number of hydrogen-bond donors (Lipinski definition) is 1. The summed E-state index contributed by atoms with van der Waals surface area (Å²) in [6.45, 7) is 4.79. The lowest BCUT2D eigenvalue weighted by Gasteiger charge is -2.19. The molecule has 0 aliphatic heterocycles. The van der Waals surface area contributed by atoms with Crippen molar-refractivity contribution in [3.63, 3.8) is 0 Å². The van der Waals surface area contributed by atoms with E-state index in [1.807, 2.05) is 0 Å². The maximum Gasteiger partial charge on any atom is 0.335 e. The van der Waals surface area contributed by atoms with E-state index in [0.29, 0.717) is 5.75 Å². The van der Waals surface area contributed by atoms with Crippen molar-refractivity contribution in [1.29, 1.82) is 0 Å². The summed E-state index contributed by atoms with van der Waals surface area (Å²) in [5.41, 5.74) is 0.0458. The molecule has 0 aliphatic carbocycles. The van der Waals surface area contributed by atoms with Gasteiger partial charge in [0.1, 0.15) is 6.61 Å². The van der Waals surface area contributed by atoms with Crippen molar-refractivity contribution >= 4 is 15.8 Å². The van der Waals surface area contributed by atoms with Crippen molar-refractivity contribution in [1.82, 2.24) is 0 Å². The van der Waals surface area contributed by atoms with Crippen molar-refractivity contribution in [2.45, 2.75) is 25.5 Å². The van der Waals surface area contributed by atoms with Crippen molar-refractivity contribution < 1.29 is 27.8 Å². The number of sulfone groups is 1. The van der Waals surface area contributed by atoms with E-state index in [0.717, 1.165) is 0 Å². The average molecular weight is 316 g/mol. The Labute approximate surface area is 124 Å². The molecule has 1 aromatic rings. The number of ether oxygens (including phenoxy) is 2. The second-order valence-electron chi connectivity index (χ2n) is 5.45. The first-order valence-electron chi connectivity index (χ1n) is 6.35. The normalized spacial score (nSPS) is 12.0. The maximum atomic E-state index is 12.0. The fraction of sp³-hybridized carbons (Fsp3) is 0.500. The molecule has 7 heteroatoms. The van der Waals surface area contributed by atoms with Crippen LogP contribution in [0.5, 0.6) is 11.5 Å². The van der Waals surface area contributed by atoms with Crippen LogP contribution in [-0.4, -0.2) is 43.7 Å². The summed E-state index contributed by atoms with van der Waals surface area (Å²) in [6, 6.07) is 4.17. The van der Waals surface area contributed by atoms with E-state index in [4.69, 9.17) is 14.6 Å². The van der Waals surface area contributed by atoms with Crippen LogP contribution in [0.15, 0.2) is 18.2 Å². The van der Waals surface area contributed by atoms with Crippen LogP contribution in [0.4, 0.5) is 0 Å². The second kappa shape index (κ2) is 6.34. The van der Waals surface area contributed by atoms with E-state index >= 15 is 0 Å². The Morgan fingerprint density at radius 1 is 1.24 bits per heavy atom. The fourth-order valence-corrected chi connectivity index (χ4v) is 2.41. The summed E-state index contributed by atoms with van der Waals surface area (Å²) < 4.78 is 33.5. The van der Waals surface area contributed by atoms with Gasteiger partial charge >= 0.3 is 5.97 Å². The number of rotatable bonds is 6. The SMILES string of the molecule is COc1ccc(C(=O)O)cc1OCCS(=O)(=O)C(C)(C)C. The van der Waals surface area contributed by atoms with Crippen LogP contribution in [0.2, 0.25) is 0 Å². The molecule has 6 nitrogen and oxygen atoms in total. The topological polar surface area (TPSA) is 89.9 Å². The Hall–Kier alpha value is -1.76. The van der Waals surface area contributed by atoms with Gasteiger partial charge in [-0.2, -0.15) is 0 Å². The van der Waals surface area contributed by atoms with Gasteiger partial charge in [0.15, 0.2) is 21.3 Å². The lowest BCUT2D eigenvalue weighted by Crippen LogP contribution is -2.32. The number of carboxylic acid groups (broad SMARTS) is 1. The van der Waals surface area contributed by atoms with Crippen LogP contribution in [0.1, 0.15) is 31.1 Å². The van der Waals surface area contributed by atoms with Crippen LogP contribution < -0.4 is 9.47 Å². The van der Waals surface area contributed by atoms with Crippen molar-refractivity contribution in [3.8, 4) is 11.5 Å². The number of carbonyl (C=O) groups is 1. The molecule has 0 spiro atoms. The minimum atomic E-state index is -3.30. The lowest BCUT2D eigenvalue weighted by molar-refractivity contribution is 0.0696. The molecule has 0 atom stereocenters. The Morgan fingerprint density at radius 2 is 1.86 bits per heavy atom. The monoisotopic (exact) mass is 316 g/mol. The molecule has 0 saturated heterocycles. The molecule has 1 rings (SSSR count). The van der Waals surface area contributed by atoms with Crippen molar-refractivity contribution in [2.24, 2.45) is 0 Å². The zero-order chi connectivity index (χ0) is 16.3. The zero-order valence-corrected chi connectivity index (χ0v) is 13.4. The van der Waals surface area contributed by atoms with Crippen LogP contribution >= 0.6 is 0 Å². The number of benzene rings is 1. The van der Waals surface area contributed by atoms with Crippen molar-refractivity contribution in [3.05, 3.63) is 23.8 Å². The number of aromatic carboxylic acids is 1. The van der Waals surface area contributed by atoms with Crippen LogP contribution in [0, 0.1) is 0 Å². The van der Waals surface area contributed by atoms with E-state index in [2.05, 4.69) is 0 Å². The molecule has 118 valence electrons. The highest BCUT2D eigenvalue weighted by molar-refractivity contribution is 7.92. The van der Waals surface area contributed by atoms with Crippen LogP contribution in [0.25, 0.3) is 0 Å². The molecule has 0 aromatic heterocycles. The lowest BCUT2D eigenvalue weighted by atomic mass is 10.2. The van der Waals surface area contributed by atoms with E-state index in [-0.39, 0.29) is 23.7 Å². The fourth-order valence-electron chi connectivity index (χ4n) is 1.49. The molecular weight excluding hydrogens is 296 g/mol. The first kappa shape index (κ1) is 17.3. The highest BCUT2D eigenvalue weighted by atomic mass is 32.2. The van der Waals surface area contributed by atoms with E-state index < -0.39 is 20.6 Å². The quantitative estimate of drug-likeness (QED) is 0.863. The average Bonchev–Trinajstić information content (AvgIpc) is 2.36. The standard InChI is InChI=1S/C14H20O6S/c1-14(2,3)21(17,18)8-7-20-12-9-10(13(15)16)5-6-11(12)19-4/h5-6,9H,7-8H2,1-4H3,(H,15,16). The smallest absolute Gasteiger partial charge is 0.335 e. The molecule has 0 unspecified atom stereocenters. The minimum absolute atomic E-state index is 0.0458. The van der Waals surface area contributed by atoms with Gasteiger partial charge in [0.2, 0.25) is 0 Å². The molecule has 0 aliphatic rings. The Bertz CT molecular complexity index is 613. The minimum Gasteiger partial charge on any atom is -0.493 e. The summed E-state index contributed by atoms with van der Waals surface area (Å²) in [5, 5.41) is 8.94. The van der Waals surface area contributed by atoms with Gasteiger partial charge in [-0.05, 0) is 39.0 Å². The van der Waals surface area contributed by atoms with Gasteiger partial charge in [-0.3, -0.25) is 0 Å². The van der Waals surface area contributed by atoms with E-state index in [9.17, 15) is 13.2 Å². The molecule has 0 saturated carbocycles. The Morgan fingerprint density at radius 3 is 2.33 bits per heavy atom. The summed E-state index contributed by atoms with van der Waals surface area (Å²) in [5.74, 6) is -0.684. The summed E-state index contributed by atoms with van der Waals surface area (Å²) in [6.07, 6.45) is 0. The third-order valence-electron chi connectivity index (χ3n) is 2.95. The second-order valence-corrected chi connectivity index (χ2v) is 8.31. The Balaban J connectivity index is 2.84. The van der Waals surface area contributed by atoms with Crippen LogP contribution in [0.3, 0.4) is 0 Å². The first-order chi connectivity index (χ1) is 9.58. The Kier molecular flexibility index (Phi) is 5.22. The molecule has 1 aromatic carbocycles. The van der Waals surface area contributed by atoms with Gasteiger partial charge in [-0.15, -0.1) is 0 Å². The summed E-state index contributed by atoms with van der Waals surface area (Å²) in [7, 11) is -1.87. The van der Waals surface area contributed by atoms with Gasteiger partial charge in [-0.25, -0.2) is 13.2 Å².